The van der Waals surface area contributed by atoms with Gasteiger partial charge in [-0.3, -0.25) is 0 Å². The van der Waals surface area contributed by atoms with Gasteiger partial charge in [0, 0.05) is 5.39 Å². The zero-order valence-corrected chi connectivity index (χ0v) is 8.93. The van der Waals surface area contributed by atoms with Gasteiger partial charge in [-0.1, -0.05) is 11.6 Å². The van der Waals surface area contributed by atoms with Crippen LogP contribution in [0.2, 0.25) is 5.02 Å². The van der Waals surface area contributed by atoms with Crippen LogP contribution in [0.5, 0.6) is 5.75 Å². The minimum atomic E-state index is -1.13. The average Bonchev–Trinajstić information content (AvgIpc) is 2.63. The molecule has 0 unspecified atom stereocenters. The number of H-pyrrole nitrogens is 1. The summed E-state index contributed by atoms with van der Waals surface area (Å²) in [6.07, 6.45) is 0. The number of aromatic amines is 1. The van der Waals surface area contributed by atoms with Gasteiger partial charge in [-0.2, -0.15) is 0 Å². The van der Waals surface area contributed by atoms with Crippen LogP contribution in [-0.2, 0) is 0 Å². The van der Waals surface area contributed by atoms with E-state index in [4.69, 9.17) is 21.4 Å². The molecule has 1 aromatic carbocycles. The number of rotatable bonds is 2. The van der Waals surface area contributed by atoms with E-state index in [-0.39, 0.29) is 16.5 Å². The molecule has 0 bridgehead atoms. The molecule has 0 aliphatic carbocycles. The molecule has 0 atom stereocenters. The number of aromatic nitrogens is 1. The highest BCUT2D eigenvalue weighted by atomic mass is 35.5. The molecule has 0 aliphatic rings. The molecule has 0 radical (unpaired) electrons. The fourth-order valence-electron chi connectivity index (χ4n) is 1.50. The molecular formula is C10H7ClFNO3. The maximum Gasteiger partial charge on any atom is 0.352 e. The number of methoxy groups -OCH3 is 1. The third-order valence-corrected chi connectivity index (χ3v) is 2.56. The first-order chi connectivity index (χ1) is 7.54. The highest BCUT2D eigenvalue weighted by Gasteiger charge is 2.16. The van der Waals surface area contributed by atoms with E-state index in [1.165, 1.54) is 13.2 Å². The molecule has 2 rings (SSSR count). The van der Waals surface area contributed by atoms with Gasteiger partial charge >= 0.3 is 5.97 Å². The molecule has 1 aromatic heterocycles. The summed E-state index contributed by atoms with van der Waals surface area (Å²) in [4.78, 5) is 13.3. The smallest absolute Gasteiger partial charge is 0.352 e. The van der Waals surface area contributed by atoms with Gasteiger partial charge in [0.05, 0.1) is 12.6 Å². The predicted octanol–water partition coefficient (Wildman–Crippen LogP) is 2.67. The fraction of sp³-hybridized carbons (Fsp3) is 0.100. The quantitative estimate of drug-likeness (QED) is 0.852. The van der Waals surface area contributed by atoms with Crippen LogP contribution in [0.3, 0.4) is 0 Å². The lowest BCUT2D eigenvalue weighted by molar-refractivity contribution is 0.0691. The van der Waals surface area contributed by atoms with Crippen LogP contribution in [0.4, 0.5) is 4.39 Å². The Morgan fingerprint density at radius 1 is 1.56 bits per heavy atom. The van der Waals surface area contributed by atoms with Crippen molar-refractivity contribution in [2.24, 2.45) is 0 Å². The number of ether oxygens (including phenoxy) is 1. The van der Waals surface area contributed by atoms with Crippen molar-refractivity contribution in [3.63, 3.8) is 0 Å². The molecule has 1 heterocycles. The molecule has 6 heteroatoms. The Bertz CT molecular complexity index is 579. The van der Waals surface area contributed by atoms with Gasteiger partial charge in [0.2, 0.25) is 0 Å². The standard InChI is InChI=1S/C10H7ClFNO3/c1-16-9-4-2-7(10(14)15)13-6(4)3-5(12)8(9)11/h2-3,13H,1H3,(H,14,15). The second-order valence-corrected chi connectivity index (χ2v) is 3.53. The van der Waals surface area contributed by atoms with Crippen molar-refractivity contribution in [3.8, 4) is 5.75 Å². The molecule has 0 fully saturated rings. The Hall–Kier alpha value is -1.75. The number of benzene rings is 1. The van der Waals surface area contributed by atoms with E-state index in [1.807, 2.05) is 0 Å². The summed E-state index contributed by atoms with van der Waals surface area (Å²) in [7, 11) is 1.34. The Balaban J connectivity index is 2.81. The van der Waals surface area contributed by atoms with Crippen LogP contribution in [-0.4, -0.2) is 23.2 Å². The van der Waals surface area contributed by atoms with Crippen LogP contribution in [0.15, 0.2) is 12.1 Å². The van der Waals surface area contributed by atoms with Crippen LogP contribution < -0.4 is 4.74 Å². The Morgan fingerprint density at radius 3 is 2.81 bits per heavy atom. The Labute approximate surface area is 94.6 Å². The van der Waals surface area contributed by atoms with E-state index in [1.54, 1.807) is 0 Å². The molecule has 0 spiro atoms. The summed E-state index contributed by atoms with van der Waals surface area (Å²) in [5.74, 6) is -1.67. The lowest BCUT2D eigenvalue weighted by Crippen LogP contribution is -1.94. The molecular weight excluding hydrogens is 237 g/mol. The molecule has 84 valence electrons. The van der Waals surface area contributed by atoms with Crippen LogP contribution >= 0.6 is 11.6 Å². The lowest BCUT2D eigenvalue weighted by atomic mass is 10.2. The second kappa shape index (κ2) is 3.68. The summed E-state index contributed by atoms with van der Waals surface area (Å²) in [5.41, 5.74) is 0.283. The molecule has 0 saturated carbocycles. The van der Waals surface area contributed by atoms with Crippen molar-refractivity contribution < 1.29 is 19.0 Å². The molecule has 2 N–H and O–H groups in total. The zero-order chi connectivity index (χ0) is 11.9. The minimum absolute atomic E-state index is 0.0463. The third kappa shape index (κ3) is 1.49. The average molecular weight is 244 g/mol. The van der Waals surface area contributed by atoms with Crippen molar-refractivity contribution in [3.05, 3.63) is 28.7 Å². The summed E-state index contributed by atoms with van der Waals surface area (Å²) in [5, 5.41) is 9.06. The van der Waals surface area contributed by atoms with Crippen molar-refractivity contribution in [2.45, 2.75) is 0 Å². The first kappa shape index (κ1) is 10.8. The summed E-state index contributed by atoms with van der Waals surface area (Å²) in [6.45, 7) is 0. The maximum atomic E-state index is 13.3. The largest absolute Gasteiger partial charge is 0.494 e. The molecule has 0 saturated heterocycles. The predicted molar refractivity (Wildman–Crippen MR) is 56.8 cm³/mol. The number of fused-ring (bicyclic) bond motifs is 1. The number of hydrogen-bond acceptors (Lipinski definition) is 2. The molecule has 0 amide bonds. The van der Waals surface area contributed by atoms with E-state index in [0.717, 1.165) is 6.07 Å². The topological polar surface area (TPSA) is 62.3 Å². The van der Waals surface area contributed by atoms with Gasteiger partial charge in [0.25, 0.3) is 0 Å². The van der Waals surface area contributed by atoms with Crippen LogP contribution in [0.25, 0.3) is 10.9 Å². The summed E-state index contributed by atoms with van der Waals surface area (Å²) >= 11 is 5.70. The number of carboxylic acid groups (broad SMARTS) is 1. The van der Waals surface area contributed by atoms with Crippen molar-refractivity contribution >= 4 is 28.5 Å². The number of nitrogens with one attached hydrogen (secondary N) is 1. The fourth-order valence-corrected chi connectivity index (χ4v) is 1.74. The van der Waals surface area contributed by atoms with Crippen LogP contribution in [0, 0.1) is 5.82 Å². The number of carboxylic acids is 1. The van der Waals surface area contributed by atoms with Gasteiger partial charge in [0.15, 0.2) is 0 Å². The maximum absolute atomic E-state index is 13.3. The molecule has 16 heavy (non-hydrogen) atoms. The van der Waals surface area contributed by atoms with E-state index >= 15 is 0 Å². The highest BCUT2D eigenvalue weighted by Crippen LogP contribution is 2.35. The number of halogens is 2. The number of hydrogen-bond donors (Lipinski definition) is 2. The number of aromatic carboxylic acids is 1. The first-order valence-corrected chi connectivity index (χ1v) is 4.70. The van der Waals surface area contributed by atoms with Gasteiger partial charge in [-0.15, -0.1) is 0 Å². The lowest BCUT2D eigenvalue weighted by Gasteiger charge is -2.04. The molecule has 2 aromatic rings. The van der Waals surface area contributed by atoms with Gasteiger partial charge < -0.3 is 14.8 Å². The highest BCUT2D eigenvalue weighted by molar-refractivity contribution is 6.33. The van der Waals surface area contributed by atoms with Crippen LogP contribution in [0.1, 0.15) is 10.5 Å². The summed E-state index contributed by atoms with van der Waals surface area (Å²) < 4.78 is 18.3. The Morgan fingerprint density at radius 2 is 2.25 bits per heavy atom. The molecule has 0 aliphatic heterocycles. The summed E-state index contributed by atoms with van der Waals surface area (Å²) in [6, 6.07) is 2.48. The van der Waals surface area contributed by atoms with E-state index < -0.39 is 11.8 Å². The Kier molecular flexibility index (Phi) is 2.47. The monoisotopic (exact) mass is 243 g/mol. The number of carbonyl (C=O) groups is 1. The van der Waals surface area contributed by atoms with Gasteiger partial charge in [-0.25, -0.2) is 9.18 Å². The van der Waals surface area contributed by atoms with Gasteiger partial charge in [0.1, 0.15) is 22.3 Å². The zero-order valence-electron chi connectivity index (χ0n) is 8.17. The van der Waals surface area contributed by atoms with Crippen molar-refractivity contribution in [1.29, 1.82) is 0 Å². The third-order valence-electron chi connectivity index (χ3n) is 2.21. The SMILES string of the molecule is COc1c(Cl)c(F)cc2[nH]c(C(=O)O)cc12. The second-order valence-electron chi connectivity index (χ2n) is 3.16. The minimum Gasteiger partial charge on any atom is -0.494 e. The van der Waals surface area contributed by atoms with Crippen molar-refractivity contribution in [1.82, 2.24) is 4.98 Å². The van der Waals surface area contributed by atoms with Crippen molar-refractivity contribution in [2.75, 3.05) is 7.11 Å². The normalized spacial score (nSPS) is 10.7. The van der Waals surface area contributed by atoms with E-state index in [9.17, 15) is 9.18 Å². The molecule has 4 nitrogen and oxygen atoms in total. The van der Waals surface area contributed by atoms with Gasteiger partial charge in [-0.05, 0) is 12.1 Å². The first-order valence-electron chi connectivity index (χ1n) is 4.32. The van der Waals surface area contributed by atoms with E-state index in [2.05, 4.69) is 4.98 Å². The van der Waals surface area contributed by atoms with E-state index in [0.29, 0.717) is 10.9 Å².